The van der Waals surface area contributed by atoms with E-state index in [1.807, 2.05) is 0 Å². The van der Waals surface area contributed by atoms with Crippen LogP contribution in [-0.2, 0) is 41.9 Å². The summed E-state index contributed by atoms with van der Waals surface area (Å²) in [7, 11) is 3.25. The van der Waals surface area contributed by atoms with Crippen molar-refractivity contribution in [3.05, 3.63) is 120 Å². The molecule has 1 aliphatic rings. The minimum Gasteiger partial charge on any atom is -0.507 e. The second kappa shape index (κ2) is 12.7. The average molecular weight is 666 g/mol. The number of ether oxygens (including phenoxy) is 2. The maximum atomic E-state index is 12.3. The average Bonchev–Trinajstić information content (AvgIpc) is 2.98. The summed E-state index contributed by atoms with van der Waals surface area (Å²) in [6, 6.07) is 15.5. The molecule has 4 aromatic rings. The van der Waals surface area contributed by atoms with E-state index in [0.717, 1.165) is 50.1 Å². The maximum absolute atomic E-state index is 12.3. The first kappa shape index (κ1) is 35.8. The Balaban J connectivity index is 1.92. The molecule has 0 heterocycles. The number of nitrogens with zero attached hydrogens (tertiary/aromatic N) is 1. The third kappa shape index (κ3) is 7.26. The summed E-state index contributed by atoms with van der Waals surface area (Å²) in [6.45, 7) is 19.4. The SMILES string of the molecule is COc1c2cc(C(C)(C)C)cc1Cc1cc(C(C)(C)C)cc(c1O)Cc1cc(C(C)(C)C)cc(c1OC)Cc1cc([N+](=O)[O-])cc(c1O)C2. The molecular formula is C42H51NO6. The smallest absolute Gasteiger partial charge is 0.270 e. The van der Waals surface area contributed by atoms with Gasteiger partial charge in [0.1, 0.15) is 23.0 Å². The number of nitro groups is 1. The van der Waals surface area contributed by atoms with Crippen LogP contribution in [0.25, 0.3) is 0 Å². The standard InChI is InChI=1S/C42H51NO6/c1-40(2,3)32-16-24-12-28-18-33(41(4,5)6)20-30(38(28)48-10)14-26-22-35(43(46)47)23-27(37(26)45)15-31-21-34(42(7,8)9)19-29(39(31)49-11)13-25(17-32)36(24)44/h16-23,44-45H,12-15H2,1-11H3. The van der Waals surface area contributed by atoms with Crippen molar-refractivity contribution in [1.82, 2.24) is 0 Å². The van der Waals surface area contributed by atoms with Gasteiger partial charge < -0.3 is 19.7 Å². The molecule has 4 aromatic carbocycles. The lowest BCUT2D eigenvalue weighted by Crippen LogP contribution is -2.15. The zero-order valence-corrected chi connectivity index (χ0v) is 30.9. The van der Waals surface area contributed by atoms with Crippen molar-refractivity contribution in [3.8, 4) is 23.0 Å². The Bertz CT molecular complexity index is 1820. The first-order valence-corrected chi connectivity index (χ1v) is 17.0. The monoisotopic (exact) mass is 665 g/mol. The van der Waals surface area contributed by atoms with Gasteiger partial charge in [0.2, 0.25) is 0 Å². The summed E-state index contributed by atoms with van der Waals surface area (Å²) in [4.78, 5) is 11.9. The van der Waals surface area contributed by atoms with Gasteiger partial charge in [0.25, 0.3) is 5.69 Å². The molecule has 0 amide bonds. The lowest BCUT2D eigenvalue weighted by Gasteiger charge is -2.27. The highest BCUT2D eigenvalue weighted by Gasteiger charge is 2.28. The molecule has 8 bridgehead atoms. The van der Waals surface area contributed by atoms with E-state index in [2.05, 4.69) is 98.7 Å². The highest BCUT2D eigenvalue weighted by Crippen LogP contribution is 2.43. The minimum absolute atomic E-state index is 0.0184. The summed E-state index contributed by atoms with van der Waals surface area (Å²) in [5.41, 5.74) is 8.37. The summed E-state index contributed by atoms with van der Waals surface area (Å²) in [5.74, 6) is 1.53. The number of phenolic OH excluding ortho intramolecular Hbond substituents is 2. The Labute approximate surface area is 291 Å². The third-order valence-electron chi connectivity index (χ3n) is 9.75. The van der Waals surface area contributed by atoms with Crippen LogP contribution < -0.4 is 9.47 Å². The van der Waals surface area contributed by atoms with Gasteiger partial charge in [-0.2, -0.15) is 0 Å². The minimum atomic E-state index is -0.407. The van der Waals surface area contributed by atoms with E-state index in [0.29, 0.717) is 35.5 Å². The first-order chi connectivity index (χ1) is 22.7. The van der Waals surface area contributed by atoms with Crippen LogP contribution in [0.2, 0.25) is 0 Å². The number of fused-ring (bicyclic) bond motifs is 8. The van der Waals surface area contributed by atoms with E-state index in [9.17, 15) is 20.3 Å². The highest BCUT2D eigenvalue weighted by atomic mass is 16.6. The van der Waals surface area contributed by atoms with E-state index >= 15 is 0 Å². The van der Waals surface area contributed by atoms with Crippen LogP contribution in [-0.4, -0.2) is 29.4 Å². The summed E-state index contributed by atoms with van der Waals surface area (Å²) < 4.78 is 12.2. The van der Waals surface area contributed by atoms with Crippen molar-refractivity contribution in [3.63, 3.8) is 0 Å². The molecule has 260 valence electrons. The molecule has 7 heteroatoms. The number of nitro benzene ring substituents is 1. The van der Waals surface area contributed by atoms with Gasteiger partial charge in [-0.25, -0.2) is 0 Å². The fourth-order valence-electron chi connectivity index (χ4n) is 6.82. The van der Waals surface area contributed by atoms with Crippen molar-refractivity contribution in [2.75, 3.05) is 14.2 Å². The Morgan fingerprint density at radius 3 is 0.980 bits per heavy atom. The molecule has 0 spiro atoms. The van der Waals surface area contributed by atoms with Gasteiger partial charge in [-0.1, -0.05) is 98.7 Å². The Hall–Kier alpha value is -4.52. The topological polar surface area (TPSA) is 102 Å². The van der Waals surface area contributed by atoms with E-state index in [4.69, 9.17) is 9.47 Å². The fourth-order valence-corrected chi connectivity index (χ4v) is 6.82. The lowest BCUT2D eigenvalue weighted by molar-refractivity contribution is -0.385. The van der Waals surface area contributed by atoms with E-state index in [-0.39, 0.29) is 46.3 Å². The number of benzene rings is 4. The van der Waals surface area contributed by atoms with Gasteiger partial charge in [-0.15, -0.1) is 0 Å². The number of hydrogen-bond acceptors (Lipinski definition) is 6. The van der Waals surface area contributed by atoms with Crippen LogP contribution >= 0.6 is 0 Å². The van der Waals surface area contributed by atoms with Gasteiger partial charge in [0.15, 0.2) is 0 Å². The molecule has 0 radical (unpaired) electrons. The van der Waals surface area contributed by atoms with Crippen LogP contribution in [0.15, 0.2) is 48.5 Å². The van der Waals surface area contributed by atoms with Crippen molar-refractivity contribution < 1.29 is 24.6 Å². The zero-order valence-electron chi connectivity index (χ0n) is 30.9. The van der Waals surface area contributed by atoms with E-state index in [1.54, 1.807) is 14.2 Å². The molecule has 2 N–H and O–H groups in total. The predicted octanol–water partition coefficient (Wildman–Crippen LogP) is 9.59. The summed E-state index contributed by atoms with van der Waals surface area (Å²) in [5, 5.41) is 36.1. The highest BCUT2D eigenvalue weighted by molar-refractivity contribution is 5.60. The molecule has 0 unspecified atom stereocenters. The molecule has 5 rings (SSSR count). The van der Waals surface area contributed by atoms with E-state index in [1.165, 1.54) is 12.1 Å². The normalized spacial score (nSPS) is 13.6. The van der Waals surface area contributed by atoms with Crippen LogP contribution in [0.1, 0.15) is 124 Å². The number of phenols is 2. The molecule has 7 nitrogen and oxygen atoms in total. The van der Waals surface area contributed by atoms with Crippen molar-refractivity contribution in [2.24, 2.45) is 0 Å². The second-order valence-corrected chi connectivity index (χ2v) is 16.6. The molecule has 49 heavy (non-hydrogen) atoms. The van der Waals surface area contributed by atoms with Gasteiger partial charge in [-0.05, 0) is 66.3 Å². The zero-order chi connectivity index (χ0) is 36.2. The van der Waals surface area contributed by atoms with Gasteiger partial charge in [0.05, 0.1) is 19.1 Å². The molecule has 0 aromatic heterocycles. The largest absolute Gasteiger partial charge is 0.507 e. The molecule has 0 saturated heterocycles. The maximum Gasteiger partial charge on any atom is 0.270 e. The summed E-state index contributed by atoms with van der Waals surface area (Å²) in [6.07, 6.45) is 1.23. The number of hydrogen-bond donors (Lipinski definition) is 2. The molecular weight excluding hydrogens is 614 g/mol. The fraction of sp³-hybridized carbons (Fsp3) is 0.429. The van der Waals surface area contributed by atoms with E-state index < -0.39 is 4.92 Å². The molecule has 0 fully saturated rings. The van der Waals surface area contributed by atoms with Crippen molar-refractivity contribution in [2.45, 2.75) is 104 Å². The Morgan fingerprint density at radius 1 is 0.510 bits per heavy atom. The van der Waals surface area contributed by atoms with Crippen molar-refractivity contribution >= 4 is 5.69 Å². The Kier molecular flexibility index (Phi) is 9.30. The van der Waals surface area contributed by atoms with Gasteiger partial charge in [0, 0.05) is 48.9 Å². The summed E-state index contributed by atoms with van der Waals surface area (Å²) >= 11 is 0. The first-order valence-electron chi connectivity index (χ1n) is 17.0. The molecule has 1 aliphatic carbocycles. The lowest BCUT2D eigenvalue weighted by atomic mass is 9.80. The van der Waals surface area contributed by atoms with Crippen LogP contribution in [0.4, 0.5) is 5.69 Å². The van der Waals surface area contributed by atoms with Crippen molar-refractivity contribution in [1.29, 1.82) is 0 Å². The number of methoxy groups -OCH3 is 2. The van der Waals surface area contributed by atoms with Crippen LogP contribution in [0.3, 0.4) is 0 Å². The molecule has 0 aliphatic heterocycles. The number of aromatic hydroxyl groups is 2. The quantitative estimate of drug-likeness (QED) is 0.147. The van der Waals surface area contributed by atoms with Gasteiger partial charge in [-0.3, -0.25) is 10.1 Å². The predicted molar refractivity (Wildman–Crippen MR) is 196 cm³/mol. The molecule has 0 saturated carbocycles. The van der Waals surface area contributed by atoms with Crippen LogP contribution in [0, 0.1) is 10.1 Å². The van der Waals surface area contributed by atoms with Crippen LogP contribution in [0.5, 0.6) is 23.0 Å². The Morgan fingerprint density at radius 2 is 0.755 bits per heavy atom. The van der Waals surface area contributed by atoms with Gasteiger partial charge >= 0.3 is 0 Å². The molecule has 0 atom stereocenters. The number of rotatable bonds is 3. The second-order valence-electron chi connectivity index (χ2n) is 16.6. The third-order valence-corrected chi connectivity index (χ3v) is 9.75. The number of non-ortho nitro benzene ring substituents is 1.